The molecule has 0 saturated heterocycles. The second-order valence-electron chi connectivity index (χ2n) is 5.94. The van der Waals surface area contributed by atoms with Gasteiger partial charge in [0, 0.05) is 24.4 Å². The fraction of sp³-hybridized carbons (Fsp3) is 0.143. The van der Waals surface area contributed by atoms with Crippen molar-refractivity contribution in [1.29, 1.82) is 0 Å². The molecule has 2 aliphatic rings. The zero-order chi connectivity index (χ0) is 16.4. The Morgan fingerprint density at radius 2 is 1.88 bits per heavy atom. The maximum atomic E-state index is 4.96. The van der Waals surface area contributed by atoms with Crippen molar-refractivity contribution in [1.82, 2.24) is 9.88 Å². The van der Waals surface area contributed by atoms with Crippen molar-refractivity contribution in [2.45, 2.75) is 12.8 Å². The molecule has 0 fully saturated rings. The van der Waals surface area contributed by atoms with Gasteiger partial charge < -0.3 is 4.90 Å². The first-order valence-corrected chi connectivity index (χ1v) is 8.24. The molecule has 1 aromatic heterocycles. The highest BCUT2D eigenvalue weighted by Crippen LogP contribution is 2.32. The van der Waals surface area contributed by atoms with Crippen LogP contribution in [0.5, 0.6) is 0 Å². The summed E-state index contributed by atoms with van der Waals surface area (Å²) in [6.45, 7) is 0. The normalized spacial score (nSPS) is 16.7. The number of nitrogens with zero attached hydrogens (tertiary/aromatic N) is 3. The highest BCUT2D eigenvalue weighted by Gasteiger charge is 2.21. The van der Waals surface area contributed by atoms with Gasteiger partial charge in [0.05, 0.1) is 17.1 Å². The van der Waals surface area contributed by atoms with E-state index in [1.807, 2.05) is 36.5 Å². The Hall–Kier alpha value is -2.94. The van der Waals surface area contributed by atoms with Crippen LogP contribution in [0, 0.1) is 0 Å². The van der Waals surface area contributed by atoms with Gasteiger partial charge in [-0.15, -0.1) is 0 Å². The first kappa shape index (κ1) is 14.6. The third-order valence-electron chi connectivity index (χ3n) is 4.31. The Bertz CT molecular complexity index is 873. The number of aliphatic imine (C=N–C) groups is 1. The van der Waals surface area contributed by atoms with Gasteiger partial charge in [-0.05, 0) is 37.1 Å². The summed E-state index contributed by atoms with van der Waals surface area (Å²) in [7, 11) is 2.06. The molecule has 0 amide bonds. The van der Waals surface area contributed by atoms with Gasteiger partial charge in [-0.1, -0.05) is 42.5 Å². The van der Waals surface area contributed by atoms with Gasteiger partial charge in [0.15, 0.2) is 0 Å². The van der Waals surface area contributed by atoms with Crippen LogP contribution in [0.1, 0.15) is 24.1 Å². The van der Waals surface area contributed by atoms with Crippen LogP contribution in [0.4, 0.5) is 5.69 Å². The summed E-state index contributed by atoms with van der Waals surface area (Å²) in [5.41, 5.74) is 5.27. The smallest absolute Gasteiger partial charge is 0.140 e. The summed E-state index contributed by atoms with van der Waals surface area (Å²) >= 11 is 0. The first-order valence-electron chi connectivity index (χ1n) is 8.24. The Kier molecular flexibility index (Phi) is 3.83. The molecular weight excluding hydrogens is 294 g/mol. The Labute approximate surface area is 142 Å². The van der Waals surface area contributed by atoms with Crippen LogP contribution in [0.2, 0.25) is 0 Å². The lowest BCUT2D eigenvalue weighted by atomic mass is 10.1. The summed E-state index contributed by atoms with van der Waals surface area (Å²) in [4.78, 5) is 11.6. The van der Waals surface area contributed by atoms with E-state index in [0.717, 1.165) is 41.3 Å². The Morgan fingerprint density at radius 3 is 2.67 bits per heavy atom. The molecule has 0 saturated carbocycles. The molecule has 0 bridgehead atoms. The molecule has 2 heterocycles. The maximum Gasteiger partial charge on any atom is 0.140 e. The molecule has 118 valence electrons. The lowest BCUT2D eigenvalue weighted by Crippen LogP contribution is -2.26. The average molecular weight is 313 g/mol. The van der Waals surface area contributed by atoms with E-state index >= 15 is 0 Å². The molecular formula is C21H19N3. The monoisotopic (exact) mass is 313 g/mol. The number of hydrogen-bond donors (Lipinski definition) is 0. The fourth-order valence-corrected chi connectivity index (χ4v) is 3.06. The van der Waals surface area contributed by atoms with Crippen LogP contribution in [0.3, 0.4) is 0 Å². The first-order chi connectivity index (χ1) is 11.8. The highest BCUT2D eigenvalue weighted by atomic mass is 15.2. The van der Waals surface area contributed by atoms with Crippen molar-refractivity contribution in [3.8, 4) is 0 Å². The molecule has 0 unspecified atom stereocenters. The Balaban J connectivity index is 1.90. The number of likely N-dealkylation sites (N-methyl/N-ethyl adjacent to an activating group) is 1. The van der Waals surface area contributed by atoms with Gasteiger partial charge in [0.1, 0.15) is 5.84 Å². The van der Waals surface area contributed by atoms with Gasteiger partial charge in [-0.25, -0.2) is 4.99 Å². The molecule has 0 N–H and O–H groups in total. The van der Waals surface area contributed by atoms with Gasteiger partial charge in [-0.2, -0.15) is 0 Å². The minimum atomic E-state index is 0.949. The van der Waals surface area contributed by atoms with Crippen LogP contribution < -0.4 is 0 Å². The summed E-state index contributed by atoms with van der Waals surface area (Å²) in [5, 5.41) is 0. The average Bonchev–Trinajstić information content (AvgIpc) is 2.80. The number of fused-ring (bicyclic) bond motifs is 1. The standard InChI is InChI=1S/C21H19N3/c1-24-20(19-13-7-8-14-22-19)15-17-11-5-6-12-18(17)23-21(24)16-9-3-2-4-10-16/h3,5-15H,2,4H2,1H3. The van der Waals surface area contributed by atoms with Gasteiger partial charge in [-0.3, -0.25) is 4.98 Å². The summed E-state index contributed by atoms with van der Waals surface area (Å²) in [5.74, 6) is 0.966. The predicted molar refractivity (Wildman–Crippen MR) is 99.9 cm³/mol. The summed E-state index contributed by atoms with van der Waals surface area (Å²) < 4.78 is 0. The van der Waals surface area contributed by atoms with Crippen molar-refractivity contribution >= 4 is 23.3 Å². The van der Waals surface area contributed by atoms with E-state index in [4.69, 9.17) is 4.99 Å². The predicted octanol–water partition coefficient (Wildman–Crippen LogP) is 4.83. The third kappa shape index (κ3) is 2.69. The van der Waals surface area contributed by atoms with Crippen LogP contribution >= 0.6 is 0 Å². The van der Waals surface area contributed by atoms with E-state index in [1.165, 1.54) is 5.57 Å². The second kappa shape index (κ2) is 6.28. The molecule has 1 aromatic carbocycles. The maximum absolute atomic E-state index is 4.96. The van der Waals surface area contributed by atoms with Gasteiger partial charge in [0.25, 0.3) is 0 Å². The van der Waals surface area contributed by atoms with E-state index in [-0.39, 0.29) is 0 Å². The van der Waals surface area contributed by atoms with Crippen LogP contribution in [0.15, 0.2) is 77.5 Å². The van der Waals surface area contributed by atoms with Crippen molar-refractivity contribution in [3.05, 3.63) is 83.7 Å². The third-order valence-corrected chi connectivity index (χ3v) is 4.31. The van der Waals surface area contributed by atoms with Crippen LogP contribution in [-0.4, -0.2) is 22.8 Å². The number of rotatable bonds is 2. The van der Waals surface area contributed by atoms with E-state index < -0.39 is 0 Å². The molecule has 0 spiro atoms. The molecule has 1 aliphatic heterocycles. The topological polar surface area (TPSA) is 28.5 Å². The largest absolute Gasteiger partial charge is 0.327 e. The number of amidine groups is 1. The number of allylic oxidation sites excluding steroid dienone is 2. The fourth-order valence-electron chi connectivity index (χ4n) is 3.06. The molecule has 4 rings (SSSR count). The number of benzene rings is 1. The zero-order valence-corrected chi connectivity index (χ0v) is 13.7. The van der Waals surface area contributed by atoms with Crippen molar-refractivity contribution in [2.24, 2.45) is 4.99 Å². The quantitative estimate of drug-likeness (QED) is 0.794. The lowest BCUT2D eigenvalue weighted by Gasteiger charge is -2.24. The molecule has 0 atom stereocenters. The lowest BCUT2D eigenvalue weighted by molar-refractivity contribution is 0.717. The van der Waals surface area contributed by atoms with Crippen LogP contribution in [-0.2, 0) is 0 Å². The number of hydrogen-bond acceptors (Lipinski definition) is 3. The van der Waals surface area contributed by atoms with Crippen molar-refractivity contribution in [2.75, 3.05) is 7.05 Å². The Morgan fingerprint density at radius 1 is 1.00 bits per heavy atom. The van der Waals surface area contributed by atoms with Crippen LogP contribution in [0.25, 0.3) is 11.8 Å². The summed E-state index contributed by atoms with van der Waals surface area (Å²) in [6, 6.07) is 14.2. The van der Waals surface area contributed by atoms with E-state index in [9.17, 15) is 0 Å². The van der Waals surface area contributed by atoms with E-state index in [2.05, 4.69) is 53.4 Å². The number of para-hydroxylation sites is 1. The minimum absolute atomic E-state index is 0.949. The van der Waals surface area contributed by atoms with E-state index in [0.29, 0.717) is 0 Å². The molecule has 2 aromatic rings. The molecule has 3 heteroatoms. The zero-order valence-electron chi connectivity index (χ0n) is 13.7. The molecule has 24 heavy (non-hydrogen) atoms. The molecule has 1 aliphatic carbocycles. The van der Waals surface area contributed by atoms with Gasteiger partial charge in [0.2, 0.25) is 0 Å². The molecule has 3 nitrogen and oxygen atoms in total. The number of aromatic nitrogens is 1. The molecule has 0 radical (unpaired) electrons. The van der Waals surface area contributed by atoms with E-state index in [1.54, 1.807) is 0 Å². The van der Waals surface area contributed by atoms with Crippen molar-refractivity contribution in [3.63, 3.8) is 0 Å². The van der Waals surface area contributed by atoms with Gasteiger partial charge >= 0.3 is 0 Å². The van der Waals surface area contributed by atoms with Crippen molar-refractivity contribution < 1.29 is 0 Å². The minimum Gasteiger partial charge on any atom is -0.327 e. The second-order valence-corrected chi connectivity index (χ2v) is 5.94. The number of pyridine rings is 1. The summed E-state index contributed by atoms with van der Waals surface area (Å²) in [6.07, 6.45) is 12.8. The highest BCUT2D eigenvalue weighted by molar-refractivity contribution is 6.09. The SMILES string of the molecule is CN1C(c2ccccn2)=Cc2ccccc2N=C1C1=CCCC=C1.